The van der Waals surface area contributed by atoms with Crippen molar-refractivity contribution < 1.29 is 27.4 Å². The smallest absolute Gasteiger partial charge is 0.415 e. The molecule has 148 valence electrons. The Balaban J connectivity index is 1.47. The quantitative estimate of drug-likeness (QED) is 0.639. The normalized spacial score (nSPS) is 21.1. The predicted molar refractivity (Wildman–Crippen MR) is 97.5 cm³/mol. The number of benzene rings is 2. The molecule has 2 aromatic carbocycles. The maximum atomic E-state index is 12.5. The van der Waals surface area contributed by atoms with Crippen LogP contribution in [0.1, 0.15) is 36.5 Å². The van der Waals surface area contributed by atoms with E-state index in [2.05, 4.69) is 0 Å². The van der Waals surface area contributed by atoms with Crippen LogP contribution in [-0.4, -0.2) is 24.9 Å². The predicted octanol–water partition coefficient (Wildman–Crippen LogP) is 5.42. The highest BCUT2D eigenvalue weighted by Gasteiger charge is 2.45. The van der Waals surface area contributed by atoms with E-state index in [-0.39, 0.29) is 31.3 Å². The molecule has 1 fully saturated rings. The maximum Gasteiger partial charge on any atom is 0.415 e. The van der Waals surface area contributed by atoms with Crippen molar-refractivity contribution in [2.75, 3.05) is 11.5 Å². The minimum atomic E-state index is -4.17. The summed E-state index contributed by atoms with van der Waals surface area (Å²) in [7, 11) is 0. The van der Waals surface area contributed by atoms with Crippen LogP contribution in [0.5, 0.6) is 5.75 Å². The van der Waals surface area contributed by atoms with Gasteiger partial charge in [-0.25, -0.2) is 4.79 Å². The number of rotatable bonds is 5. The first-order valence-electron chi connectivity index (χ1n) is 9.30. The molecule has 0 bridgehead atoms. The summed E-state index contributed by atoms with van der Waals surface area (Å²) in [6, 6.07) is 14.9. The fourth-order valence-corrected chi connectivity index (χ4v) is 3.86. The Labute approximate surface area is 160 Å². The van der Waals surface area contributed by atoms with Crippen LogP contribution in [-0.2, 0) is 11.2 Å². The molecule has 2 unspecified atom stereocenters. The zero-order valence-electron chi connectivity index (χ0n) is 15.1. The van der Waals surface area contributed by atoms with Gasteiger partial charge in [-0.1, -0.05) is 30.3 Å². The first-order valence-corrected chi connectivity index (χ1v) is 9.30. The molecule has 0 aliphatic carbocycles. The van der Waals surface area contributed by atoms with Crippen molar-refractivity contribution in [3.63, 3.8) is 0 Å². The van der Waals surface area contributed by atoms with Gasteiger partial charge in [0.2, 0.25) is 0 Å². The molecule has 0 spiro atoms. The van der Waals surface area contributed by atoms with Crippen LogP contribution >= 0.6 is 0 Å². The van der Waals surface area contributed by atoms with Gasteiger partial charge >= 0.3 is 12.3 Å². The zero-order valence-corrected chi connectivity index (χ0v) is 15.1. The second-order valence-electron chi connectivity index (χ2n) is 7.05. The van der Waals surface area contributed by atoms with Crippen molar-refractivity contribution in [2.24, 2.45) is 0 Å². The van der Waals surface area contributed by atoms with Gasteiger partial charge in [0.05, 0.1) is 18.3 Å². The number of alkyl halides is 3. The SMILES string of the molecule is O=C1OC(c2ccccc2)C2CCc3cc(OCCCC(F)(F)F)ccc3N12. The van der Waals surface area contributed by atoms with Crippen LogP contribution in [0.15, 0.2) is 48.5 Å². The van der Waals surface area contributed by atoms with E-state index in [9.17, 15) is 18.0 Å². The topological polar surface area (TPSA) is 38.8 Å². The molecule has 0 aromatic heterocycles. The van der Waals surface area contributed by atoms with Gasteiger partial charge in [0.25, 0.3) is 0 Å². The molecule has 2 atom stereocenters. The third-order valence-corrected chi connectivity index (χ3v) is 5.13. The molecule has 0 radical (unpaired) electrons. The van der Waals surface area contributed by atoms with Crippen molar-refractivity contribution in [3.8, 4) is 5.75 Å². The highest BCUT2D eigenvalue weighted by atomic mass is 19.4. The number of cyclic esters (lactones) is 1. The molecule has 0 saturated carbocycles. The van der Waals surface area contributed by atoms with E-state index in [1.54, 1.807) is 17.0 Å². The first kappa shape index (κ1) is 18.7. The van der Waals surface area contributed by atoms with Gasteiger partial charge in [-0.2, -0.15) is 13.2 Å². The molecule has 2 aliphatic heterocycles. The number of hydrogen-bond donors (Lipinski definition) is 0. The molecular weight excluding hydrogens is 371 g/mol. The lowest BCUT2D eigenvalue weighted by Gasteiger charge is -2.31. The van der Waals surface area contributed by atoms with Gasteiger partial charge < -0.3 is 9.47 Å². The Hall–Kier alpha value is -2.70. The number of carbonyl (C=O) groups excluding carboxylic acids is 1. The van der Waals surface area contributed by atoms with Crippen molar-refractivity contribution >= 4 is 11.8 Å². The number of aryl methyl sites for hydroxylation is 1. The molecule has 4 nitrogen and oxygen atoms in total. The third-order valence-electron chi connectivity index (χ3n) is 5.13. The average molecular weight is 391 g/mol. The number of ether oxygens (including phenoxy) is 2. The molecule has 28 heavy (non-hydrogen) atoms. The fourth-order valence-electron chi connectivity index (χ4n) is 3.86. The Morgan fingerprint density at radius 2 is 1.93 bits per heavy atom. The summed E-state index contributed by atoms with van der Waals surface area (Å²) >= 11 is 0. The van der Waals surface area contributed by atoms with Crippen LogP contribution in [0.25, 0.3) is 0 Å². The van der Waals surface area contributed by atoms with Gasteiger partial charge in [-0.15, -0.1) is 0 Å². The first-order chi connectivity index (χ1) is 13.4. The summed E-state index contributed by atoms with van der Waals surface area (Å²) < 4.78 is 47.8. The Morgan fingerprint density at radius 1 is 1.14 bits per heavy atom. The van der Waals surface area contributed by atoms with Crippen molar-refractivity contribution in [1.29, 1.82) is 0 Å². The monoisotopic (exact) mass is 391 g/mol. The third kappa shape index (κ3) is 3.79. The van der Waals surface area contributed by atoms with E-state index < -0.39 is 12.6 Å². The largest absolute Gasteiger partial charge is 0.494 e. The lowest BCUT2D eigenvalue weighted by atomic mass is 9.91. The van der Waals surface area contributed by atoms with Crippen LogP contribution in [0, 0.1) is 0 Å². The molecule has 0 N–H and O–H groups in total. The lowest BCUT2D eigenvalue weighted by molar-refractivity contribution is -0.136. The number of carbonyl (C=O) groups is 1. The molecule has 4 rings (SSSR count). The minimum Gasteiger partial charge on any atom is -0.494 e. The average Bonchev–Trinajstić information content (AvgIpc) is 3.02. The van der Waals surface area contributed by atoms with Crippen molar-refractivity contribution in [3.05, 3.63) is 59.7 Å². The second kappa shape index (κ2) is 7.37. The molecule has 2 aliphatic rings. The Morgan fingerprint density at radius 3 is 2.68 bits per heavy atom. The van der Waals surface area contributed by atoms with Crippen LogP contribution in [0.4, 0.5) is 23.7 Å². The van der Waals surface area contributed by atoms with Gasteiger partial charge in [-0.05, 0) is 48.6 Å². The summed E-state index contributed by atoms with van der Waals surface area (Å²) in [5.74, 6) is 0.520. The van der Waals surface area contributed by atoms with Gasteiger partial charge in [0.15, 0.2) is 0 Å². The van der Waals surface area contributed by atoms with E-state index in [1.165, 1.54) is 0 Å². The number of anilines is 1. The molecule has 7 heteroatoms. The Kier molecular flexibility index (Phi) is 4.91. The zero-order chi connectivity index (χ0) is 19.7. The summed E-state index contributed by atoms with van der Waals surface area (Å²) in [5, 5.41) is 0. The summed E-state index contributed by atoms with van der Waals surface area (Å²) in [5.41, 5.74) is 2.69. The maximum absolute atomic E-state index is 12.5. The number of hydrogen-bond acceptors (Lipinski definition) is 3. The Bertz CT molecular complexity index is 854. The van der Waals surface area contributed by atoms with Gasteiger partial charge in [0, 0.05) is 6.42 Å². The molecule has 1 amide bonds. The number of amides is 1. The second-order valence-corrected chi connectivity index (χ2v) is 7.05. The van der Waals surface area contributed by atoms with Gasteiger partial charge in [-0.3, -0.25) is 4.90 Å². The standard InChI is InChI=1S/C21H20F3NO3/c22-21(23,24)11-4-12-27-16-8-10-17-15(13-16)7-9-18-19(28-20(26)25(17)18)14-5-2-1-3-6-14/h1-3,5-6,8,10,13,18-19H,4,7,9,11-12H2. The van der Waals surface area contributed by atoms with E-state index in [1.807, 2.05) is 36.4 Å². The van der Waals surface area contributed by atoms with E-state index in [0.29, 0.717) is 5.75 Å². The molecule has 1 saturated heterocycles. The minimum absolute atomic E-state index is 0.00274. The fraction of sp³-hybridized carbons (Fsp3) is 0.381. The van der Waals surface area contributed by atoms with Crippen LogP contribution < -0.4 is 9.64 Å². The summed E-state index contributed by atoms with van der Waals surface area (Å²) in [6.07, 6.45) is -4.30. The van der Waals surface area contributed by atoms with E-state index >= 15 is 0 Å². The summed E-state index contributed by atoms with van der Waals surface area (Å²) in [4.78, 5) is 14.2. The van der Waals surface area contributed by atoms with Crippen molar-refractivity contribution in [1.82, 2.24) is 0 Å². The molecule has 2 heterocycles. The van der Waals surface area contributed by atoms with Crippen molar-refractivity contribution in [2.45, 2.75) is 44.0 Å². The lowest BCUT2D eigenvalue weighted by Crippen LogP contribution is -2.38. The summed E-state index contributed by atoms with van der Waals surface area (Å²) in [6.45, 7) is 0.00274. The van der Waals surface area contributed by atoms with Crippen LogP contribution in [0.3, 0.4) is 0 Å². The highest BCUT2D eigenvalue weighted by Crippen LogP contribution is 2.43. The van der Waals surface area contributed by atoms with Crippen LogP contribution in [0.2, 0.25) is 0 Å². The number of halogens is 3. The van der Waals surface area contributed by atoms with E-state index in [0.717, 1.165) is 29.7 Å². The molecule has 2 aromatic rings. The van der Waals surface area contributed by atoms with E-state index in [4.69, 9.17) is 9.47 Å². The number of nitrogens with zero attached hydrogens (tertiary/aromatic N) is 1. The highest BCUT2D eigenvalue weighted by molar-refractivity contribution is 5.92. The molecular formula is C21H20F3NO3. The number of fused-ring (bicyclic) bond motifs is 3. The van der Waals surface area contributed by atoms with Gasteiger partial charge in [0.1, 0.15) is 11.9 Å².